The minimum absolute atomic E-state index is 0.0720. The van der Waals surface area contributed by atoms with Gasteiger partial charge in [0.2, 0.25) is 5.91 Å². The lowest BCUT2D eigenvalue weighted by atomic mass is 10.1. The molecule has 0 spiro atoms. The number of carbonyl (C=O) groups excluding carboxylic acids is 1. The number of hydrogen-bond donors (Lipinski definition) is 0. The lowest BCUT2D eigenvalue weighted by Gasteiger charge is -2.28. The summed E-state index contributed by atoms with van der Waals surface area (Å²) in [7, 11) is -3.22. The van der Waals surface area contributed by atoms with Crippen molar-refractivity contribution >= 4 is 33.0 Å². The molecule has 0 fully saturated rings. The molecule has 1 aliphatic heterocycles. The second-order valence-electron chi connectivity index (χ2n) is 5.07. The Balaban J connectivity index is 2.31. The molecular formula is C15H18ClNO3S. The molecule has 0 aliphatic carbocycles. The zero-order valence-electron chi connectivity index (χ0n) is 11.8. The van der Waals surface area contributed by atoms with Crippen molar-refractivity contribution in [2.24, 2.45) is 0 Å². The second-order valence-corrected chi connectivity index (χ2v) is 7.44. The molecule has 21 heavy (non-hydrogen) atoms. The summed E-state index contributed by atoms with van der Waals surface area (Å²) in [6, 6.07) is 6.47. The fraction of sp³-hybridized carbons (Fsp3) is 0.400. The van der Waals surface area contributed by atoms with Crippen molar-refractivity contribution in [1.82, 2.24) is 0 Å². The van der Waals surface area contributed by atoms with Gasteiger partial charge >= 0.3 is 0 Å². The van der Waals surface area contributed by atoms with Crippen molar-refractivity contribution in [2.45, 2.75) is 32.2 Å². The number of halogens is 1. The molecule has 0 radical (unpaired) electrons. The van der Waals surface area contributed by atoms with Crippen LogP contribution in [-0.2, 0) is 14.6 Å². The zero-order valence-corrected chi connectivity index (χ0v) is 13.4. The van der Waals surface area contributed by atoms with Crippen LogP contribution in [0.15, 0.2) is 35.7 Å². The summed E-state index contributed by atoms with van der Waals surface area (Å²) in [4.78, 5) is 14.0. The lowest BCUT2D eigenvalue weighted by molar-refractivity contribution is -0.118. The van der Waals surface area contributed by atoms with E-state index >= 15 is 0 Å². The Labute approximate surface area is 130 Å². The highest BCUT2D eigenvalue weighted by atomic mass is 35.5. The van der Waals surface area contributed by atoms with E-state index < -0.39 is 15.9 Å². The van der Waals surface area contributed by atoms with Crippen LogP contribution in [0.4, 0.5) is 5.69 Å². The number of benzene rings is 1. The molecule has 114 valence electrons. The lowest BCUT2D eigenvalue weighted by Crippen LogP contribution is -2.41. The maximum Gasteiger partial charge on any atom is 0.227 e. The minimum atomic E-state index is -3.22. The summed E-state index contributed by atoms with van der Waals surface area (Å²) >= 11 is 5.99. The smallest absolute Gasteiger partial charge is 0.227 e. The zero-order chi connectivity index (χ0) is 15.5. The average Bonchev–Trinajstić information content (AvgIpc) is 2.77. The predicted molar refractivity (Wildman–Crippen MR) is 85.2 cm³/mol. The van der Waals surface area contributed by atoms with Crippen LogP contribution in [-0.4, -0.2) is 26.1 Å². The molecule has 0 N–H and O–H groups in total. The van der Waals surface area contributed by atoms with Crippen LogP contribution in [0.3, 0.4) is 0 Å². The van der Waals surface area contributed by atoms with Gasteiger partial charge in [-0.2, -0.15) is 0 Å². The summed E-state index contributed by atoms with van der Waals surface area (Å²) in [5, 5.41) is 1.70. The number of amides is 1. The first-order valence-corrected chi connectivity index (χ1v) is 9.01. The summed E-state index contributed by atoms with van der Waals surface area (Å²) in [5.74, 6) is -0.150. The van der Waals surface area contributed by atoms with E-state index in [0.717, 1.165) is 12.8 Å². The van der Waals surface area contributed by atoms with Gasteiger partial charge in [-0.1, -0.05) is 31.0 Å². The standard InChI is InChI=1S/C15H18ClNO3S/c1-2-3-7-15(18)17(13-6-4-5-12(16)10-13)14-8-9-21(19,20)11-14/h4-6,8-10,14H,2-3,7,11H2,1H3/t14-/m0/s1. The first-order chi connectivity index (χ1) is 9.93. The van der Waals surface area contributed by atoms with Gasteiger partial charge in [-0.15, -0.1) is 0 Å². The van der Waals surface area contributed by atoms with Crippen molar-refractivity contribution in [1.29, 1.82) is 0 Å². The van der Waals surface area contributed by atoms with E-state index in [1.807, 2.05) is 6.92 Å². The molecule has 0 bridgehead atoms. The molecule has 4 nitrogen and oxygen atoms in total. The summed E-state index contributed by atoms with van der Waals surface area (Å²) < 4.78 is 23.3. The van der Waals surface area contributed by atoms with Gasteiger partial charge < -0.3 is 4.90 Å². The quantitative estimate of drug-likeness (QED) is 0.834. The van der Waals surface area contributed by atoms with Gasteiger partial charge in [0.15, 0.2) is 9.84 Å². The van der Waals surface area contributed by atoms with E-state index in [1.54, 1.807) is 35.2 Å². The van der Waals surface area contributed by atoms with Crippen molar-refractivity contribution in [3.8, 4) is 0 Å². The van der Waals surface area contributed by atoms with Crippen LogP contribution < -0.4 is 4.90 Å². The first-order valence-electron chi connectivity index (χ1n) is 6.91. The Bertz CT molecular complexity index is 655. The Morgan fingerprint density at radius 1 is 1.43 bits per heavy atom. The highest BCUT2D eigenvalue weighted by Crippen LogP contribution is 2.26. The number of anilines is 1. The van der Waals surface area contributed by atoms with Crippen molar-refractivity contribution < 1.29 is 13.2 Å². The third-order valence-electron chi connectivity index (χ3n) is 3.34. The molecule has 6 heteroatoms. The number of nitrogens with zero attached hydrogens (tertiary/aromatic N) is 1. The van der Waals surface area contributed by atoms with Gasteiger partial charge in [-0.25, -0.2) is 8.42 Å². The van der Waals surface area contributed by atoms with Crippen molar-refractivity contribution in [3.63, 3.8) is 0 Å². The molecule has 2 rings (SSSR count). The molecule has 1 amide bonds. The Morgan fingerprint density at radius 2 is 2.19 bits per heavy atom. The molecule has 0 saturated heterocycles. The summed E-state index contributed by atoms with van der Waals surface area (Å²) in [6.07, 6.45) is 3.65. The summed E-state index contributed by atoms with van der Waals surface area (Å²) in [5.41, 5.74) is 0.635. The number of rotatable bonds is 5. The Morgan fingerprint density at radius 3 is 2.76 bits per heavy atom. The van der Waals surface area contributed by atoms with Gasteiger partial charge in [-0.05, 0) is 30.7 Å². The molecule has 0 unspecified atom stereocenters. The fourth-order valence-electron chi connectivity index (χ4n) is 2.31. The van der Waals surface area contributed by atoms with Crippen molar-refractivity contribution in [3.05, 3.63) is 40.8 Å². The van der Waals surface area contributed by atoms with Gasteiger partial charge in [0.05, 0.1) is 11.8 Å². The van der Waals surface area contributed by atoms with E-state index in [2.05, 4.69) is 0 Å². The number of unbranched alkanes of at least 4 members (excludes halogenated alkanes) is 1. The number of sulfone groups is 1. The fourth-order valence-corrected chi connectivity index (χ4v) is 3.77. The van der Waals surface area contributed by atoms with Crippen LogP contribution in [0.2, 0.25) is 5.02 Å². The second kappa shape index (κ2) is 6.62. The van der Waals surface area contributed by atoms with Crippen molar-refractivity contribution in [2.75, 3.05) is 10.7 Å². The third kappa shape index (κ3) is 4.08. The first kappa shape index (κ1) is 16.0. The SMILES string of the molecule is CCCCC(=O)N(c1cccc(Cl)c1)[C@H]1C=CS(=O)(=O)C1. The van der Waals surface area contributed by atoms with E-state index in [-0.39, 0.29) is 11.7 Å². The molecule has 1 aliphatic rings. The Kier molecular flexibility index (Phi) is 5.06. The van der Waals surface area contributed by atoms with E-state index in [9.17, 15) is 13.2 Å². The molecule has 1 heterocycles. The molecule has 0 aromatic heterocycles. The highest BCUT2D eigenvalue weighted by Gasteiger charge is 2.31. The average molecular weight is 328 g/mol. The molecule has 0 saturated carbocycles. The van der Waals surface area contributed by atoms with Gasteiger partial charge in [-0.3, -0.25) is 4.79 Å². The number of hydrogen-bond acceptors (Lipinski definition) is 3. The molecular weight excluding hydrogens is 310 g/mol. The predicted octanol–water partition coefficient (Wildman–Crippen LogP) is 3.17. The molecule has 1 aromatic rings. The topological polar surface area (TPSA) is 54.5 Å². The third-order valence-corrected chi connectivity index (χ3v) is 4.96. The van der Waals surface area contributed by atoms with Crippen LogP contribution in [0.25, 0.3) is 0 Å². The highest BCUT2D eigenvalue weighted by molar-refractivity contribution is 7.94. The molecule has 1 atom stereocenters. The number of carbonyl (C=O) groups is 1. The van der Waals surface area contributed by atoms with Gasteiger partial charge in [0.25, 0.3) is 0 Å². The van der Waals surface area contributed by atoms with Crippen LogP contribution >= 0.6 is 11.6 Å². The minimum Gasteiger partial charge on any atom is -0.304 e. The Hall–Kier alpha value is -1.33. The maximum absolute atomic E-state index is 12.5. The van der Waals surface area contributed by atoms with Crippen LogP contribution in [0.5, 0.6) is 0 Å². The summed E-state index contributed by atoms with van der Waals surface area (Å²) in [6.45, 7) is 2.01. The normalized spacial score (nSPS) is 19.6. The van der Waals surface area contributed by atoms with Gasteiger partial charge in [0, 0.05) is 22.5 Å². The van der Waals surface area contributed by atoms with E-state index in [1.165, 1.54) is 5.41 Å². The maximum atomic E-state index is 12.5. The van der Waals surface area contributed by atoms with Crippen LogP contribution in [0, 0.1) is 0 Å². The van der Waals surface area contributed by atoms with E-state index in [4.69, 9.17) is 11.6 Å². The van der Waals surface area contributed by atoms with Gasteiger partial charge in [0.1, 0.15) is 0 Å². The monoisotopic (exact) mass is 327 g/mol. The largest absolute Gasteiger partial charge is 0.304 e. The van der Waals surface area contributed by atoms with Crippen LogP contribution in [0.1, 0.15) is 26.2 Å². The molecule has 1 aromatic carbocycles. The van der Waals surface area contributed by atoms with E-state index in [0.29, 0.717) is 17.1 Å².